The third kappa shape index (κ3) is 1.97. The summed E-state index contributed by atoms with van der Waals surface area (Å²) >= 11 is 0. The van der Waals surface area contributed by atoms with E-state index in [0.29, 0.717) is 0 Å². The fraction of sp³-hybridized carbons (Fsp3) is 0.125. The number of nitrogens with zero attached hydrogens (tertiary/aromatic N) is 2. The Morgan fingerprint density at radius 2 is 1.61 bits per heavy atom. The molecule has 0 aliphatic carbocycles. The maximum absolute atomic E-state index is 4.64. The summed E-state index contributed by atoms with van der Waals surface area (Å²) in [5.74, 6) is 0. The van der Waals surface area contributed by atoms with Crippen LogP contribution < -0.4 is 0 Å². The Morgan fingerprint density at radius 3 is 2.33 bits per heavy atom. The van der Waals surface area contributed by atoms with E-state index in [9.17, 15) is 0 Å². The molecule has 0 atom stereocenters. The molecule has 0 radical (unpaired) electrons. The van der Waals surface area contributed by atoms with Crippen LogP contribution in [0.2, 0.25) is 0 Å². The Morgan fingerprint density at radius 1 is 0.889 bits per heavy atom. The molecule has 0 unspecified atom stereocenters. The Hall–Kier alpha value is -2.22. The molecule has 2 aromatic carbocycles. The molecule has 1 heterocycles. The van der Waals surface area contributed by atoms with Gasteiger partial charge in [0.2, 0.25) is 0 Å². The second-order valence-electron chi connectivity index (χ2n) is 4.29. The average molecular weight is 234 g/mol. The number of aryl methyl sites for hydroxylation is 1. The first-order valence-electron chi connectivity index (χ1n) is 6.18. The lowest BCUT2D eigenvalue weighted by Crippen LogP contribution is -1.88. The van der Waals surface area contributed by atoms with Crippen LogP contribution in [0.1, 0.15) is 12.5 Å². The zero-order valence-corrected chi connectivity index (χ0v) is 10.3. The van der Waals surface area contributed by atoms with Crippen molar-refractivity contribution in [3.05, 3.63) is 60.3 Å². The van der Waals surface area contributed by atoms with Gasteiger partial charge in [0.1, 0.15) is 0 Å². The number of fused-ring (bicyclic) bond motifs is 1. The quantitative estimate of drug-likeness (QED) is 0.673. The van der Waals surface area contributed by atoms with Gasteiger partial charge in [0.15, 0.2) is 0 Å². The van der Waals surface area contributed by atoms with Crippen molar-refractivity contribution >= 4 is 11.0 Å². The van der Waals surface area contributed by atoms with Gasteiger partial charge in [-0.1, -0.05) is 43.3 Å². The number of aromatic nitrogens is 2. The lowest BCUT2D eigenvalue weighted by atomic mass is 10.1. The molecule has 0 saturated heterocycles. The van der Waals surface area contributed by atoms with Gasteiger partial charge in [-0.15, -0.1) is 0 Å². The standard InChI is InChI=1S/C16H14N2/c1-2-12-7-9-13(10-8-12)16-11-17-14-5-3-4-6-15(14)18-16/h3-11H,2H2,1H3. The smallest absolute Gasteiger partial charge is 0.0894 e. The zero-order chi connectivity index (χ0) is 12.4. The minimum absolute atomic E-state index is 0.927. The molecule has 0 spiro atoms. The number of rotatable bonds is 2. The van der Waals surface area contributed by atoms with E-state index in [2.05, 4.69) is 41.2 Å². The molecule has 0 amide bonds. The highest BCUT2D eigenvalue weighted by molar-refractivity contribution is 5.76. The predicted octanol–water partition coefficient (Wildman–Crippen LogP) is 3.86. The monoisotopic (exact) mass is 234 g/mol. The Bertz CT molecular complexity index is 672. The highest BCUT2D eigenvalue weighted by Crippen LogP contribution is 2.19. The van der Waals surface area contributed by atoms with Crippen LogP contribution in [-0.2, 0) is 6.42 Å². The average Bonchev–Trinajstić information content (AvgIpc) is 2.47. The first kappa shape index (κ1) is 10.9. The van der Waals surface area contributed by atoms with Crippen molar-refractivity contribution in [2.24, 2.45) is 0 Å². The van der Waals surface area contributed by atoms with Crippen molar-refractivity contribution in [1.29, 1.82) is 0 Å². The lowest BCUT2D eigenvalue weighted by Gasteiger charge is -2.03. The number of benzene rings is 2. The SMILES string of the molecule is CCc1ccc(-c2cnc3ccccc3n2)cc1. The van der Waals surface area contributed by atoms with E-state index in [0.717, 1.165) is 28.7 Å². The van der Waals surface area contributed by atoms with Crippen molar-refractivity contribution in [2.75, 3.05) is 0 Å². The molecule has 2 heteroatoms. The summed E-state index contributed by atoms with van der Waals surface area (Å²) in [6.45, 7) is 2.16. The first-order chi connectivity index (χ1) is 8.86. The van der Waals surface area contributed by atoms with E-state index in [1.807, 2.05) is 30.5 Å². The molecular weight excluding hydrogens is 220 g/mol. The van der Waals surface area contributed by atoms with Crippen molar-refractivity contribution in [2.45, 2.75) is 13.3 Å². The molecule has 1 aromatic heterocycles. The summed E-state index contributed by atoms with van der Waals surface area (Å²) in [5.41, 5.74) is 5.26. The molecular formula is C16H14N2. The summed E-state index contributed by atoms with van der Waals surface area (Å²) in [7, 11) is 0. The van der Waals surface area contributed by atoms with E-state index >= 15 is 0 Å². The Balaban J connectivity index is 2.07. The Labute approximate surface area is 106 Å². The van der Waals surface area contributed by atoms with Crippen molar-refractivity contribution < 1.29 is 0 Å². The fourth-order valence-electron chi connectivity index (χ4n) is 2.01. The predicted molar refractivity (Wildman–Crippen MR) is 74.4 cm³/mol. The summed E-state index contributed by atoms with van der Waals surface area (Å²) in [5, 5.41) is 0. The topological polar surface area (TPSA) is 25.8 Å². The first-order valence-corrected chi connectivity index (χ1v) is 6.18. The Kier molecular flexibility index (Phi) is 2.77. The minimum atomic E-state index is 0.927. The molecule has 0 fully saturated rings. The van der Waals surface area contributed by atoms with E-state index < -0.39 is 0 Å². The third-order valence-corrected chi connectivity index (χ3v) is 3.11. The van der Waals surface area contributed by atoms with Crippen LogP contribution in [-0.4, -0.2) is 9.97 Å². The van der Waals surface area contributed by atoms with Gasteiger partial charge < -0.3 is 0 Å². The van der Waals surface area contributed by atoms with Gasteiger partial charge in [0.05, 0.1) is 22.9 Å². The summed E-state index contributed by atoms with van der Waals surface area (Å²) in [4.78, 5) is 9.08. The van der Waals surface area contributed by atoms with E-state index in [-0.39, 0.29) is 0 Å². The largest absolute Gasteiger partial charge is 0.252 e. The second-order valence-corrected chi connectivity index (χ2v) is 4.29. The minimum Gasteiger partial charge on any atom is -0.252 e. The van der Waals surface area contributed by atoms with Crippen LogP contribution in [0.15, 0.2) is 54.7 Å². The molecule has 3 aromatic rings. The van der Waals surface area contributed by atoms with Gasteiger partial charge in [-0.2, -0.15) is 0 Å². The molecule has 3 rings (SSSR count). The fourth-order valence-corrected chi connectivity index (χ4v) is 2.01. The second kappa shape index (κ2) is 4.57. The van der Waals surface area contributed by atoms with Crippen LogP contribution in [0.25, 0.3) is 22.3 Å². The summed E-state index contributed by atoms with van der Waals surface area (Å²) < 4.78 is 0. The molecule has 0 saturated carbocycles. The molecule has 88 valence electrons. The lowest BCUT2D eigenvalue weighted by molar-refractivity contribution is 1.14. The molecule has 0 bridgehead atoms. The van der Waals surface area contributed by atoms with E-state index in [1.165, 1.54) is 5.56 Å². The molecule has 2 nitrogen and oxygen atoms in total. The van der Waals surface area contributed by atoms with Crippen LogP contribution in [0, 0.1) is 0 Å². The molecule has 0 aliphatic rings. The number of hydrogen-bond donors (Lipinski definition) is 0. The van der Waals surface area contributed by atoms with E-state index in [1.54, 1.807) is 0 Å². The molecule has 0 N–H and O–H groups in total. The van der Waals surface area contributed by atoms with Crippen LogP contribution in [0.5, 0.6) is 0 Å². The van der Waals surface area contributed by atoms with Crippen molar-refractivity contribution in [1.82, 2.24) is 9.97 Å². The highest BCUT2D eigenvalue weighted by atomic mass is 14.8. The van der Waals surface area contributed by atoms with Crippen molar-refractivity contribution in [3.8, 4) is 11.3 Å². The maximum atomic E-state index is 4.64. The van der Waals surface area contributed by atoms with Crippen LogP contribution >= 0.6 is 0 Å². The molecule has 18 heavy (non-hydrogen) atoms. The normalized spacial score (nSPS) is 10.7. The number of para-hydroxylation sites is 2. The number of hydrogen-bond acceptors (Lipinski definition) is 2. The van der Waals surface area contributed by atoms with Crippen molar-refractivity contribution in [3.63, 3.8) is 0 Å². The molecule has 0 aliphatic heterocycles. The van der Waals surface area contributed by atoms with Gasteiger partial charge in [0.25, 0.3) is 0 Å². The van der Waals surface area contributed by atoms with Gasteiger partial charge in [-0.3, -0.25) is 4.98 Å². The third-order valence-electron chi connectivity index (χ3n) is 3.11. The van der Waals surface area contributed by atoms with Crippen LogP contribution in [0.4, 0.5) is 0 Å². The highest BCUT2D eigenvalue weighted by Gasteiger charge is 2.02. The van der Waals surface area contributed by atoms with Crippen LogP contribution in [0.3, 0.4) is 0 Å². The summed E-state index contributed by atoms with van der Waals surface area (Å²) in [6.07, 6.45) is 2.90. The van der Waals surface area contributed by atoms with Gasteiger partial charge in [-0.25, -0.2) is 4.98 Å². The summed E-state index contributed by atoms with van der Waals surface area (Å²) in [6, 6.07) is 16.4. The van der Waals surface area contributed by atoms with Gasteiger partial charge >= 0.3 is 0 Å². The van der Waals surface area contributed by atoms with Gasteiger partial charge in [-0.05, 0) is 24.1 Å². The zero-order valence-electron chi connectivity index (χ0n) is 10.3. The maximum Gasteiger partial charge on any atom is 0.0894 e. The van der Waals surface area contributed by atoms with E-state index in [4.69, 9.17) is 0 Å². The van der Waals surface area contributed by atoms with Gasteiger partial charge in [0, 0.05) is 5.56 Å².